The van der Waals surface area contributed by atoms with E-state index in [-0.39, 0.29) is 0 Å². The Morgan fingerprint density at radius 3 is 2.50 bits per heavy atom. The van der Waals surface area contributed by atoms with E-state index in [0.717, 1.165) is 33.4 Å². The smallest absolute Gasteiger partial charge is 0.213 e. The largest absolute Gasteiger partial charge is 0.497 e. The number of furan rings is 1. The minimum atomic E-state index is -0.515. The van der Waals surface area contributed by atoms with E-state index in [2.05, 4.69) is 4.98 Å². The predicted molar refractivity (Wildman–Crippen MR) is 91.4 cm³/mol. The summed E-state index contributed by atoms with van der Waals surface area (Å²) >= 11 is 0. The molecule has 0 spiro atoms. The van der Waals surface area contributed by atoms with Crippen LogP contribution in [0, 0.1) is 5.95 Å². The minimum Gasteiger partial charge on any atom is -0.497 e. The van der Waals surface area contributed by atoms with E-state index in [1.165, 1.54) is 12.3 Å². The standard InChI is InChI=1S/C20H14FNO2/c1-23-15-8-6-13(7-9-15)20-19(14-10-11-22-18(21)12-14)16-4-2-3-5-17(16)24-20/h2-12H,1H3. The molecule has 2 aromatic carbocycles. The number of hydrogen-bond acceptors (Lipinski definition) is 3. The number of benzene rings is 2. The van der Waals surface area contributed by atoms with Crippen LogP contribution in [0.4, 0.5) is 4.39 Å². The molecular weight excluding hydrogens is 305 g/mol. The van der Waals surface area contributed by atoms with Crippen molar-refractivity contribution < 1.29 is 13.5 Å². The van der Waals surface area contributed by atoms with Crippen molar-refractivity contribution in [1.82, 2.24) is 4.98 Å². The van der Waals surface area contributed by atoms with Gasteiger partial charge in [-0.2, -0.15) is 4.39 Å². The van der Waals surface area contributed by atoms with Gasteiger partial charge >= 0.3 is 0 Å². The molecule has 3 nitrogen and oxygen atoms in total. The number of halogens is 1. The van der Waals surface area contributed by atoms with Crippen molar-refractivity contribution in [3.63, 3.8) is 0 Å². The van der Waals surface area contributed by atoms with Gasteiger partial charge in [-0.25, -0.2) is 4.98 Å². The molecule has 0 N–H and O–H groups in total. The second-order valence-corrected chi connectivity index (χ2v) is 5.40. The third-order valence-electron chi connectivity index (χ3n) is 3.96. The first-order valence-electron chi connectivity index (χ1n) is 7.54. The number of nitrogens with zero attached hydrogens (tertiary/aromatic N) is 1. The van der Waals surface area contributed by atoms with Crippen molar-refractivity contribution in [2.75, 3.05) is 7.11 Å². The number of hydrogen-bond donors (Lipinski definition) is 0. The van der Waals surface area contributed by atoms with Gasteiger partial charge < -0.3 is 9.15 Å². The Morgan fingerprint density at radius 2 is 1.75 bits per heavy atom. The van der Waals surface area contributed by atoms with Crippen LogP contribution in [0.1, 0.15) is 0 Å². The van der Waals surface area contributed by atoms with Crippen LogP contribution in [0.3, 0.4) is 0 Å². The lowest BCUT2D eigenvalue weighted by molar-refractivity contribution is 0.415. The summed E-state index contributed by atoms with van der Waals surface area (Å²) in [6, 6.07) is 18.5. The summed E-state index contributed by atoms with van der Waals surface area (Å²) in [7, 11) is 1.63. The van der Waals surface area contributed by atoms with E-state index < -0.39 is 5.95 Å². The first-order chi connectivity index (χ1) is 11.8. The fourth-order valence-electron chi connectivity index (χ4n) is 2.84. The minimum absolute atomic E-state index is 0.515. The normalized spacial score (nSPS) is 10.9. The number of fused-ring (bicyclic) bond motifs is 1. The third-order valence-corrected chi connectivity index (χ3v) is 3.96. The molecule has 0 radical (unpaired) electrons. The molecule has 0 unspecified atom stereocenters. The highest BCUT2D eigenvalue weighted by molar-refractivity contribution is 6.01. The lowest BCUT2D eigenvalue weighted by Gasteiger charge is -2.05. The van der Waals surface area contributed by atoms with Crippen molar-refractivity contribution in [3.05, 3.63) is 72.8 Å². The molecule has 118 valence electrons. The summed E-state index contributed by atoms with van der Waals surface area (Å²) in [4.78, 5) is 3.64. The van der Waals surface area contributed by atoms with Crippen molar-refractivity contribution >= 4 is 11.0 Å². The van der Waals surface area contributed by atoms with Gasteiger partial charge in [0.25, 0.3) is 0 Å². The monoisotopic (exact) mass is 319 g/mol. The molecule has 0 fully saturated rings. The summed E-state index contributed by atoms with van der Waals surface area (Å²) in [5, 5.41) is 0.939. The van der Waals surface area contributed by atoms with Crippen LogP contribution in [0.5, 0.6) is 5.75 Å². The van der Waals surface area contributed by atoms with Crippen LogP contribution in [0.25, 0.3) is 33.4 Å². The molecule has 0 amide bonds. The Bertz CT molecular complexity index is 1010. The van der Waals surface area contributed by atoms with Gasteiger partial charge in [0.2, 0.25) is 5.95 Å². The molecule has 2 heterocycles. The highest BCUT2D eigenvalue weighted by Gasteiger charge is 2.18. The van der Waals surface area contributed by atoms with Gasteiger partial charge in [0.05, 0.1) is 7.11 Å². The van der Waals surface area contributed by atoms with E-state index in [4.69, 9.17) is 9.15 Å². The zero-order valence-electron chi connectivity index (χ0n) is 13.0. The zero-order valence-corrected chi connectivity index (χ0v) is 13.0. The van der Waals surface area contributed by atoms with Gasteiger partial charge in [0.1, 0.15) is 17.1 Å². The van der Waals surface area contributed by atoms with Gasteiger partial charge in [0.15, 0.2) is 0 Å². The van der Waals surface area contributed by atoms with E-state index in [0.29, 0.717) is 5.76 Å². The Balaban J connectivity index is 1.99. The van der Waals surface area contributed by atoms with Gasteiger partial charge in [-0.05, 0) is 42.0 Å². The first-order valence-corrected chi connectivity index (χ1v) is 7.54. The maximum absolute atomic E-state index is 13.6. The Hall–Kier alpha value is -3.14. The molecule has 0 aliphatic heterocycles. The van der Waals surface area contributed by atoms with Crippen LogP contribution in [-0.4, -0.2) is 12.1 Å². The van der Waals surface area contributed by atoms with Crippen molar-refractivity contribution in [3.8, 4) is 28.2 Å². The molecule has 2 aromatic heterocycles. The number of aromatic nitrogens is 1. The van der Waals surface area contributed by atoms with Crippen LogP contribution in [0.15, 0.2) is 71.3 Å². The number of pyridine rings is 1. The van der Waals surface area contributed by atoms with Crippen molar-refractivity contribution in [2.45, 2.75) is 0 Å². The fraction of sp³-hybridized carbons (Fsp3) is 0.0500. The molecule has 0 bridgehead atoms. The van der Waals surface area contributed by atoms with Crippen LogP contribution in [0.2, 0.25) is 0 Å². The lowest BCUT2D eigenvalue weighted by atomic mass is 9.99. The number of methoxy groups -OCH3 is 1. The summed E-state index contributed by atoms with van der Waals surface area (Å²) in [5.74, 6) is 0.953. The molecule has 24 heavy (non-hydrogen) atoms. The summed E-state index contributed by atoms with van der Waals surface area (Å²) < 4.78 is 24.9. The predicted octanol–water partition coefficient (Wildman–Crippen LogP) is 5.31. The molecular formula is C20H14FNO2. The first kappa shape index (κ1) is 14.5. The quantitative estimate of drug-likeness (QED) is 0.480. The number of rotatable bonds is 3. The fourth-order valence-corrected chi connectivity index (χ4v) is 2.84. The highest BCUT2D eigenvalue weighted by atomic mass is 19.1. The maximum Gasteiger partial charge on any atom is 0.213 e. The zero-order chi connectivity index (χ0) is 16.5. The van der Waals surface area contributed by atoms with Gasteiger partial charge in [-0.1, -0.05) is 18.2 Å². The summed E-state index contributed by atoms with van der Waals surface area (Å²) in [6.45, 7) is 0. The van der Waals surface area contributed by atoms with Crippen LogP contribution >= 0.6 is 0 Å². The molecule has 0 saturated heterocycles. The number of ether oxygens (including phenoxy) is 1. The third kappa shape index (κ3) is 2.42. The van der Waals surface area contributed by atoms with Gasteiger partial charge in [0, 0.05) is 28.8 Å². The molecule has 4 aromatic rings. The molecule has 0 aliphatic carbocycles. The topological polar surface area (TPSA) is 35.3 Å². The average Bonchev–Trinajstić information content (AvgIpc) is 3.01. The van der Waals surface area contributed by atoms with Gasteiger partial charge in [-0.15, -0.1) is 0 Å². The Kier molecular flexibility index (Phi) is 3.50. The van der Waals surface area contributed by atoms with E-state index in [9.17, 15) is 4.39 Å². The van der Waals surface area contributed by atoms with E-state index >= 15 is 0 Å². The Morgan fingerprint density at radius 1 is 0.958 bits per heavy atom. The van der Waals surface area contributed by atoms with Gasteiger partial charge in [-0.3, -0.25) is 0 Å². The second kappa shape index (κ2) is 5.81. The highest BCUT2D eigenvalue weighted by Crippen LogP contribution is 2.41. The molecule has 0 aliphatic rings. The summed E-state index contributed by atoms with van der Waals surface area (Å²) in [6.07, 6.45) is 1.46. The van der Waals surface area contributed by atoms with Crippen LogP contribution < -0.4 is 4.74 Å². The molecule has 4 rings (SSSR count). The lowest BCUT2D eigenvalue weighted by Crippen LogP contribution is -1.86. The average molecular weight is 319 g/mol. The summed E-state index contributed by atoms with van der Waals surface area (Å²) in [5.41, 5.74) is 3.25. The SMILES string of the molecule is COc1ccc(-c2oc3ccccc3c2-c2ccnc(F)c2)cc1. The molecule has 0 atom stereocenters. The Labute approximate surface area is 138 Å². The van der Waals surface area contributed by atoms with Crippen molar-refractivity contribution in [2.24, 2.45) is 0 Å². The molecule has 4 heteroatoms. The molecule has 0 saturated carbocycles. The van der Waals surface area contributed by atoms with E-state index in [1.54, 1.807) is 13.2 Å². The second-order valence-electron chi connectivity index (χ2n) is 5.40. The van der Waals surface area contributed by atoms with Crippen LogP contribution in [-0.2, 0) is 0 Å². The van der Waals surface area contributed by atoms with Crippen molar-refractivity contribution in [1.29, 1.82) is 0 Å². The maximum atomic E-state index is 13.6. The van der Waals surface area contributed by atoms with E-state index in [1.807, 2.05) is 48.5 Å². The number of para-hydroxylation sites is 1.